The highest BCUT2D eigenvalue weighted by molar-refractivity contribution is 6.06. The van der Waals surface area contributed by atoms with Gasteiger partial charge in [-0.2, -0.15) is 5.10 Å². The van der Waals surface area contributed by atoms with Gasteiger partial charge in [0.15, 0.2) is 5.69 Å². The van der Waals surface area contributed by atoms with Crippen LogP contribution in [0, 0.1) is 11.3 Å². The van der Waals surface area contributed by atoms with Crippen molar-refractivity contribution in [2.75, 3.05) is 13.2 Å². The zero-order valence-electron chi connectivity index (χ0n) is 20.6. The number of nitrogens with zero attached hydrogens (tertiary/aromatic N) is 4. The molecule has 0 spiro atoms. The summed E-state index contributed by atoms with van der Waals surface area (Å²) in [6.45, 7) is 7.56. The molecule has 3 heterocycles. The summed E-state index contributed by atoms with van der Waals surface area (Å²) >= 11 is 0. The number of primary amides is 1. The zero-order chi connectivity index (χ0) is 25.9. The minimum Gasteiger partial charge on any atom is -0.415 e. The van der Waals surface area contributed by atoms with E-state index in [2.05, 4.69) is 25.9 Å². The second-order valence-corrected chi connectivity index (χ2v) is 9.96. The Bertz CT molecular complexity index is 1250. The van der Waals surface area contributed by atoms with Crippen LogP contribution < -0.4 is 16.4 Å². The molecule has 0 saturated carbocycles. The first-order chi connectivity index (χ1) is 17.1. The van der Waals surface area contributed by atoms with Crippen molar-refractivity contribution in [3.8, 4) is 0 Å². The predicted octanol–water partition coefficient (Wildman–Crippen LogP) is 1.41. The van der Waals surface area contributed by atoms with Gasteiger partial charge in [0.05, 0.1) is 12.1 Å². The molecule has 0 bridgehead atoms. The van der Waals surface area contributed by atoms with Crippen molar-refractivity contribution in [2.24, 2.45) is 17.1 Å². The number of ether oxygens (including phenoxy) is 1. The van der Waals surface area contributed by atoms with Crippen LogP contribution in [0.25, 0.3) is 10.9 Å². The maximum atomic E-state index is 13.4. The van der Waals surface area contributed by atoms with Crippen molar-refractivity contribution in [3.05, 3.63) is 41.7 Å². The highest BCUT2D eigenvalue weighted by Crippen LogP contribution is 2.24. The van der Waals surface area contributed by atoms with Crippen LogP contribution in [-0.2, 0) is 22.6 Å². The predicted molar refractivity (Wildman–Crippen MR) is 129 cm³/mol. The van der Waals surface area contributed by atoms with Gasteiger partial charge in [0, 0.05) is 25.1 Å². The number of carbonyl (C=O) groups is 3. The molecule has 12 nitrogen and oxygen atoms in total. The van der Waals surface area contributed by atoms with E-state index >= 15 is 0 Å². The van der Waals surface area contributed by atoms with E-state index in [4.69, 9.17) is 14.9 Å². The second-order valence-electron chi connectivity index (χ2n) is 9.96. The molecule has 1 aliphatic rings. The van der Waals surface area contributed by atoms with E-state index in [0.717, 1.165) is 37.0 Å². The van der Waals surface area contributed by atoms with Crippen LogP contribution in [0.4, 0.5) is 0 Å². The second kappa shape index (κ2) is 10.4. The normalized spacial score (nSPS) is 15.5. The van der Waals surface area contributed by atoms with Crippen molar-refractivity contribution in [1.29, 1.82) is 0 Å². The van der Waals surface area contributed by atoms with Gasteiger partial charge in [0.25, 0.3) is 5.91 Å². The lowest BCUT2D eigenvalue weighted by Gasteiger charge is -2.30. The van der Waals surface area contributed by atoms with Gasteiger partial charge in [-0.1, -0.05) is 39.0 Å². The number of hydrogen-bond acceptors (Lipinski definition) is 8. The Balaban J connectivity index is 1.51. The Morgan fingerprint density at radius 3 is 2.56 bits per heavy atom. The number of benzene rings is 1. The van der Waals surface area contributed by atoms with E-state index in [1.54, 1.807) is 0 Å². The van der Waals surface area contributed by atoms with E-state index in [-0.39, 0.29) is 24.0 Å². The molecule has 0 radical (unpaired) electrons. The highest BCUT2D eigenvalue weighted by Gasteiger charge is 2.34. The first kappa shape index (κ1) is 25.3. The van der Waals surface area contributed by atoms with Crippen LogP contribution in [0.1, 0.15) is 60.7 Å². The summed E-state index contributed by atoms with van der Waals surface area (Å²) in [4.78, 5) is 37.6. The lowest BCUT2D eigenvalue weighted by Crippen LogP contribution is -2.53. The van der Waals surface area contributed by atoms with Gasteiger partial charge >= 0.3 is 11.8 Å². The van der Waals surface area contributed by atoms with E-state index in [9.17, 15) is 14.4 Å². The molecule has 1 aromatic carbocycles. The van der Waals surface area contributed by atoms with Crippen LogP contribution in [0.15, 0.2) is 28.7 Å². The third kappa shape index (κ3) is 5.70. The summed E-state index contributed by atoms with van der Waals surface area (Å²) in [5.74, 6) is -1.65. The molecule has 4 rings (SSSR count). The summed E-state index contributed by atoms with van der Waals surface area (Å²) < 4.78 is 12.4. The van der Waals surface area contributed by atoms with Crippen LogP contribution in [0.3, 0.4) is 0 Å². The monoisotopic (exact) mass is 497 g/mol. The fourth-order valence-electron chi connectivity index (χ4n) is 4.17. The van der Waals surface area contributed by atoms with Crippen molar-refractivity contribution in [2.45, 2.75) is 52.7 Å². The van der Waals surface area contributed by atoms with Gasteiger partial charge in [-0.25, -0.2) is 0 Å². The number of amides is 3. The quantitative estimate of drug-likeness (QED) is 0.420. The number of carbonyl (C=O) groups excluding carboxylic acids is 3. The Morgan fingerprint density at radius 2 is 1.89 bits per heavy atom. The summed E-state index contributed by atoms with van der Waals surface area (Å²) in [5, 5.41) is 18.1. The van der Waals surface area contributed by atoms with Gasteiger partial charge in [-0.05, 0) is 30.2 Å². The fourth-order valence-corrected chi connectivity index (χ4v) is 4.17. The summed E-state index contributed by atoms with van der Waals surface area (Å²) in [7, 11) is 0. The fraction of sp³-hybridized carbons (Fsp3) is 0.500. The molecule has 192 valence electrons. The molecule has 12 heteroatoms. The standard InChI is InChI=1S/C24H31N7O5/c1-24(2,3)19(22(34)26-12-17-28-29-23(36-17)20(25)32)27-21(33)18-15-6-4-5-7-16(15)31(30-18)13-14-8-10-35-11-9-14/h4-7,14,19H,8-13H2,1-3H3,(H2,25,32)(H,26,34)(H,27,33)/t19-/m1/s1. The van der Waals surface area contributed by atoms with Crippen molar-refractivity contribution >= 4 is 28.6 Å². The van der Waals surface area contributed by atoms with Crippen molar-refractivity contribution in [3.63, 3.8) is 0 Å². The first-order valence-electron chi connectivity index (χ1n) is 11.9. The van der Waals surface area contributed by atoms with Gasteiger partial charge in [0.2, 0.25) is 11.8 Å². The SMILES string of the molecule is CC(C)(C)[C@H](NC(=O)c1nn(CC2CCOCC2)c2ccccc12)C(=O)NCc1nnc(C(N)=O)o1. The molecule has 3 amide bonds. The average Bonchev–Trinajstić information content (AvgIpc) is 3.46. The number of aromatic nitrogens is 4. The number of nitrogens with one attached hydrogen (secondary N) is 2. The Hall–Kier alpha value is -3.80. The summed E-state index contributed by atoms with van der Waals surface area (Å²) in [6, 6.07) is 6.69. The van der Waals surface area contributed by atoms with Gasteiger partial charge in [-0.15, -0.1) is 10.2 Å². The number of fused-ring (bicyclic) bond motifs is 1. The van der Waals surface area contributed by atoms with Crippen molar-refractivity contribution in [1.82, 2.24) is 30.6 Å². The third-order valence-corrected chi connectivity index (χ3v) is 6.14. The maximum Gasteiger partial charge on any atom is 0.306 e. The van der Waals surface area contributed by atoms with E-state index in [1.165, 1.54) is 0 Å². The number of rotatable bonds is 8. The molecule has 1 atom stereocenters. The third-order valence-electron chi connectivity index (χ3n) is 6.14. The summed E-state index contributed by atoms with van der Waals surface area (Å²) in [6.07, 6.45) is 1.89. The number of hydrogen-bond donors (Lipinski definition) is 3. The van der Waals surface area contributed by atoms with Gasteiger partial charge < -0.3 is 25.5 Å². The van der Waals surface area contributed by atoms with Crippen molar-refractivity contribution < 1.29 is 23.5 Å². The first-order valence-corrected chi connectivity index (χ1v) is 11.9. The van der Waals surface area contributed by atoms with Gasteiger partial charge in [-0.3, -0.25) is 19.1 Å². The Labute approximate surface area is 207 Å². The molecular formula is C24H31N7O5. The lowest BCUT2D eigenvalue weighted by molar-refractivity contribution is -0.125. The largest absolute Gasteiger partial charge is 0.415 e. The Kier molecular flexibility index (Phi) is 7.34. The molecule has 3 aromatic rings. The minimum atomic E-state index is -0.886. The molecule has 1 saturated heterocycles. The molecule has 36 heavy (non-hydrogen) atoms. The molecule has 2 aromatic heterocycles. The zero-order valence-corrected chi connectivity index (χ0v) is 20.6. The van der Waals surface area contributed by atoms with Crippen LogP contribution in [-0.4, -0.2) is 57.0 Å². The van der Waals surface area contributed by atoms with E-state index < -0.39 is 29.2 Å². The average molecular weight is 498 g/mol. The molecular weight excluding hydrogens is 466 g/mol. The van der Waals surface area contributed by atoms with Gasteiger partial charge in [0.1, 0.15) is 6.04 Å². The van der Waals surface area contributed by atoms with Crippen LogP contribution in [0.5, 0.6) is 0 Å². The van der Waals surface area contributed by atoms with Crippen LogP contribution in [0.2, 0.25) is 0 Å². The minimum absolute atomic E-state index is 0.0222. The smallest absolute Gasteiger partial charge is 0.306 e. The lowest BCUT2D eigenvalue weighted by atomic mass is 9.86. The van der Waals surface area contributed by atoms with Crippen LogP contribution >= 0.6 is 0 Å². The maximum absolute atomic E-state index is 13.4. The summed E-state index contributed by atoms with van der Waals surface area (Å²) in [5.41, 5.74) is 5.63. The Morgan fingerprint density at radius 1 is 1.17 bits per heavy atom. The molecule has 4 N–H and O–H groups in total. The molecule has 0 aliphatic carbocycles. The molecule has 1 aliphatic heterocycles. The van der Waals surface area contributed by atoms with E-state index in [1.807, 2.05) is 49.7 Å². The topological polar surface area (TPSA) is 167 Å². The van der Waals surface area contributed by atoms with E-state index in [0.29, 0.717) is 12.5 Å². The molecule has 1 fully saturated rings. The molecule has 0 unspecified atom stereocenters. The highest BCUT2D eigenvalue weighted by atomic mass is 16.5. The number of para-hydroxylation sites is 1. The number of nitrogens with two attached hydrogens (primary N) is 1.